The topological polar surface area (TPSA) is 119 Å². The van der Waals surface area contributed by atoms with Crippen molar-refractivity contribution in [3.63, 3.8) is 0 Å². The summed E-state index contributed by atoms with van der Waals surface area (Å²) in [5.41, 5.74) is 1.63. The first kappa shape index (κ1) is 27.1. The molecule has 1 atom stereocenters. The summed E-state index contributed by atoms with van der Waals surface area (Å²) in [5.74, 6) is -3.38. The molecule has 0 saturated heterocycles. The fourth-order valence-electron chi connectivity index (χ4n) is 5.20. The van der Waals surface area contributed by atoms with Crippen molar-refractivity contribution in [2.75, 3.05) is 24.3 Å². The lowest BCUT2D eigenvalue weighted by Crippen LogP contribution is -2.30. The minimum atomic E-state index is -3.78. The summed E-state index contributed by atoms with van der Waals surface area (Å²) >= 11 is 0. The summed E-state index contributed by atoms with van der Waals surface area (Å²) in [5, 5.41) is 3.58. The molecule has 1 amide bonds. The Morgan fingerprint density at radius 3 is 2.72 bits per heavy atom. The van der Waals surface area contributed by atoms with Gasteiger partial charge in [0.1, 0.15) is 18.2 Å². The Balaban J connectivity index is 1.12. The molecule has 0 radical (unpaired) electrons. The molecule has 1 unspecified atom stereocenters. The fraction of sp³-hybridized carbons (Fsp3) is 0.241. The SMILES string of the molecule is CS(=O)(=O)n1cc(F)c2ccc(C(=O)NCc3cc4nc(N5CCOc6ccc(C7CC7(F)F)nc65)ccc4cn3)cc21. The summed E-state index contributed by atoms with van der Waals surface area (Å²) in [6.07, 6.45) is 3.23. The standard InChI is InChI=1S/C29H23F3N6O4S/c1-43(40,41)38-15-21(30)19-4-2-16(10-24(19)38)28(39)34-14-18-11-23-17(13-33-18)3-7-26(35-23)37-8-9-42-25-6-5-22(36-27(25)37)20-12-29(20,31)32/h2-7,10-11,13,15,20H,8-9,12,14H2,1H3,(H,34,39). The molecule has 7 rings (SSSR count). The second kappa shape index (κ2) is 9.66. The molecule has 1 aromatic carbocycles. The van der Waals surface area contributed by atoms with Crippen LogP contribution >= 0.6 is 0 Å². The van der Waals surface area contributed by atoms with Gasteiger partial charge in [-0.1, -0.05) is 0 Å². The van der Waals surface area contributed by atoms with Crippen molar-refractivity contribution in [2.24, 2.45) is 0 Å². The molecule has 4 aromatic heterocycles. The quantitative estimate of drug-likeness (QED) is 0.299. The lowest BCUT2D eigenvalue weighted by atomic mass is 10.1. The molecule has 5 heterocycles. The van der Waals surface area contributed by atoms with E-state index in [9.17, 15) is 26.4 Å². The number of carbonyl (C=O) groups excluding carboxylic acids is 1. The number of pyridine rings is 3. The Morgan fingerprint density at radius 1 is 1.14 bits per heavy atom. The number of amides is 1. The molecule has 14 heteroatoms. The van der Waals surface area contributed by atoms with Crippen LogP contribution in [0.1, 0.15) is 34.1 Å². The minimum Gasteiger partial charge on any atom is -0.488 e. The molecule has 1 saturated carbocycles. The molecular weight excluding hydrogens is 585 g/mol. The Morgan fingerprint density at radius 2 is 1.95 bits per heavy atom. The third-order valence-corrected chi connectivity index (χ3v) is 8.55. The van der Waals surface area contributed by atoms with E-state index in [1.807, 2.05) is 11.0 Å². The zero-order valence-corrected chi connectivity index (χ0v) is 23.4. The molecule has 10 nitrogen and oxygen atoms in total. The first-order valence-corrected chi connectivity index (χ1v) is 15.2. The Bertz CT molecular complexity index is 2070. The lowest BCUT2D eigenvalue weighted by molar-refractivity contribution is 0.0950. The van der Waals surface area contributed by atoms with Crippen LogP contribution in [0.15, 0.2) is 60.9 Å². The van der Waals surface area contributed by atoms with Gasteiger partial charge in [-0.25, -0.2) is 35.5 Å². The van der Waals surface area contributed by atoms with E-state index in [4.69, 9.17) is 9.72 Å². The monoisotopic (exact) mass is 608 g/mol. The summed E-state index contributed by atoms with van der Waals surface area (Å²) in [7, 11) is -3.78. The highest BCUT2D eigenvalue weighted by Crippen LogP contribution is 2.55. The zero-order valence-electron chi connectivity index (χ0n) is 22.6. The summed E-state index contributed by atoms with van der Waals surface area (Å²) in [6, 6.07) is 12.7. The minimum absolute atomic E-state index is 0.0427. The van der Waals surface area contributed by atoms with Gasteiger partial charge >= 0.3 is 0 Å². The van der Waals surface area contributed by atoms with Gasteiger partial charge in [0.25, 0.3) is 11.8 Å². The number of hydrogen-bond donors (Lipinski definition) is 1. The van der Waals surface area contributed by atoms with Gasteiger partial charge in [0.15, 0.2) is 11.6 Å². The van der Waals surface area contributed by atoms with Gasteiger partial charge in [-0.15, -0.1) is 0 Å². The highest BCUT2D eigenvalue weighted by atomic mass is 32.2. The molecular formula is C29H23F3N6O4S. The van der Waals surface area contributed by atoms with E-state index < -0.39 is 33.6 Å². The zero-order chi connectivity index (χ0) is 30.1. The molecule has 0 spiro atoms. The maximum atomic E-state index is 14.2. The van der Waals surface area contributed by atoms with Gasteiger partial charge in [-0.2, -0.15) is 0 Å². The van der Waals surface area contributed by atoms with Crippen LogP contribution in [-0.4, -0.2) is 58.6 Å². The van der Waals surface area contributed by atoms with Gasteiger partial charge in [0.05, 0.1) is 53.9 Å². The Labute approximate surface area is 243 Å². The molecule has 1 aliphatic carbocycles. The van der Waals surface area contributed by atoms with Crippen molar-refractivity contribution >= 4 is 49.4 Å². The number of anilines is 2. The predicted octanol–water partition coefficient (Wildman–Crippen LogP) is 4.51. The van der Waals surface area contributed by atoms with E-state index in [2.05, 4.69) is 15.3 Å². The highest BCUT2D eigenvalue weighted by Gasteiger charge is 2.58. The maximum Gasteiger partial charge on any atom is 0.257 e. The maximum absolute atomic E-state index is 14.2. The highest BCUT2D eigenvalue weighted by molar-refractivity contribution is 7.89. The van der Waals surface area contributed by atoms with E-state index in [0.29, 0.717) is 47.4 Å². The van der Waals surface area contributed by atoms with Crippen LogP contribution < -0.4 is 15.0 Å². The number of benzene rings is 1. The first-order chi connectivity index (χ1) is 20.5. The van der Waals surface area contributed by atoms with Gasteiger partial charge in [-0.05, 0) is 48.5 Å². The summed E-state index contributed by atoms with van der Waals surface area (Å²) < 4.78 is 72.3. The van der Waals surface area contributed by atoms with Crippen molar-refractivity contribution in [3.8, 4) is 5.75 Å². The van der Waals surface area contributed by atoms with Crippen LogP contribution in [0.5, 0.6) is 5.75 Å². The number of fused-ring (bicyclic) bond motifs is 3. The van der Waals surface area contributed by atoms with Gasteiger partial charge in [-0.3, -0.25) is 9.78 Å². The number of nitrogens with zero attached hydrogens (tertiary/aromatic N) is 5. The number of nitrogens with one attached hydrogen (secondary N) is 1. The predicted molar refractivity (Wildman–Crippen MR) is 152 cm³/mol. The largest absolute Gasteiger partial charge is 0.488 e. The van der Waals surface area contributed by atoms with Crippen molar-refractivity contribution in [3.05, 3.63) is 83.7 Å². The van der Waals surface area contributed by atoms with Crippen LogP contribution in [0, 0.1) is 5.82 Å². The third-order valence-electron chi connectivity index (χ3n) is 7.54. The summed E-state index contributed by atoms with van der Waals surface area (Å²) in [6.45, 7) is 0.837. The van der Waals surface area contributed by atoms with E-state index in [-0.39, 0.29) is 29.4 Å². The van der Waals surface area contributed by atoms with Gasteiger partial charge in [0.2, 0.25) is 10.0 Å². The average molecular weight is 609 g/mol. The fourth-order valence-corrected chi connectivity index (χ4v) is 5.99. The van der Waals surface area contributed by atoms with Gasteiger partial charge < -0.3 is 15.0 Å². The second-order valence-corrected chi connectivity index (χ2v) is 12.4. The van der Waals surface area contributed by atoms with Crippen LogP contribution in [0.4, 0.5) is 24.8 Å². The normalized spacial score (nSPS) is 17.5. The number of halogens is 3. The van der Waals surface area contributed by atoms with Crippen LogP contribution in [0.25, 0.3) is 21.8 Å². The molecule has 220 valence electrons. The van der Waals surface area contributed by atoms with E-state index >= 15 is 0 Å². The van der Waals surface area contributed by atoms with E-state index in [1.165, 1.54) is 18.2 Å². The number of aromatic nitrogens is 4. The third kappa shape index (κ3) is 4.90. The molecule has 5 aromatic rings. The molecule has 2 aliphatic rings. The van der Waals surface area contributed by atoms with Crippen LogP contribution in [-0.2, 0) is 16.6 Å². The second-order valence-electron chi connectivity index (χ2n) is 10.6. The lowest BCUT2D eigenvalue weighted by Gasteiger charge is -2.29. The number of ether oxygens (including phenoxy) is 1. The van der Waals surface area contributed by atoms with Crippen molar-refractivity contribution in [1.29, 1.82) is 0 Å². The molecule has 43 heavy (non-hydrogen) atoms. The molecule has 1 aliphatic heterocycles. The average Bonchev–Trinajstić information content (AvgIpc) is 3.50. The van der Waals surface area contributed by atoms with Gasteiger partial charge in [0, 0.05) is 29.0 Å². The van der Waals surface area contributed by atoms with Crippen molar-refractivity contribution in [2.45, 2.75) is 24.8 Å². The number of rotatable bonds is 6. The summed E-state index contributed by atoms with van der Waals surface area (Å²) in [4.78, 5) is 28.4. The van der Waals surface area contributed by atoms with E-state index in [0.717, 1.165) is 21.8 Å². The number of carbonyl (C=O) groups is 1. The number of alkyl halides is 2. The smallest absolute Gasteiger partial charge is 0.257 e. The van der Waals surface area contributed by atoms with Crippen molar-refractivity contribution < 1.29 is 31.1 Å². The first-order valence-electron chi connectivity index (χ1n) is 13.3. The van der Waals surface area contributed by atoms with Crippen molar-refractivity contribution in [1.82, 2.24) is 24.2 Å². The van der Waals surface area contributed by atoms with E-state index in [1.54, 1.807) is 30.5 Å². The van der Waals surface area contributed by atoms with Crippen LogP contribution in [0.3, 0.4) is 0 Å². The Kier molecular flexibility index (Phi) is 6.09. The molecule has 1 fully saturated rings. The number of hydrogen-bond acceptors (Lipinski definition) is 8. The molecule has 0 bridgehead atoms. The molecule has 1 N–H and O–H groups in total. The van der Waals surface area contributed by atoms with Crippen LogP contribution in [0.2, 0.25) is 0 Å². The Hall–Kier alpha value is -4.72.